The predicted octanol–water partition coefficient (Wildman–Crippen LogP) is 0.283. The molecule has 2 rings (SSSR count). The molecule has 1 atom stereocenters. The van der Waals surface area contributed by atoms with E-state index in [9.17, 15) is 0 Å². The van der Waals surface area contributed by atoms with Crippen molar-refractivity contribution < 1.29 is 4.74 Å². The highest BCUT2D eigenvalue weighted by atomic mass is 16.5. The van der Waals surface area contributed by atoms with Gasteiger partial charge in [0.15, 0.2) is 0 Å². The Morgan fingerprint density at radius 1 is 1.50 bits per heavy atom. The average molecular weight is 250 g/mol. The molecule has 2 N–H and O–H groups in total. The van der Waals surface area contributed by atoms with Gasteiger partial charge in [0.1, 0.15) is 12.2 Å². The van der Waals surface area contributed by atoms with Crippen molar-refractivity contribution in [3.8, 4) is 5.88 Å². The Bertz CT molecular complexity index is 517. The second kappa shape index (κ2) is 5.18. The molecule has 0 aliphatic carbocycles. The predicted molar refractivity (Wildman–Crippen MR) is 66.1 cm³/mol. The van der Waals surface area contributed by atoms with Crippen molar-refractivity contribution in [3.63, 3.8) is 0 Å². The highest BCUT2D eigenvalue weighted by Crippen LogP contribution is 2.18. The molecule has 0 aliphatic heterocycles. The van der Waals surface area contributed by atoms with E-state index in [0.717, 1.165) is 18.1 Å². The lowest BCUT2D eigenvalue weighted by molar-refractivity contribution is 0.373. The van der Waals surface area contributed by atoms with E-state index in [-0.39, 0.29) is 6.04 Å². The summed E-state index contributed by atoms with van der Waals surface area (Å²) in [7, 11) is 3.43. The topological polar surface area (TPSA) is 83.8 Å². The Labute approximate surface area is 106 Å². The lowest BCUT2D eigenvalue weighted by Crippen LogP contribution is -2.17. The molecule has 0 amide bonds. The normalized spacial score (nSPS) is 12.7. The number of methoxy groups -OCH3 is 1. The molecule has 0 bridgehead atoms. The highest BCUT2D eigenvalue weighted by Gasteiger charge is 2.16. The van der Waals surface area contributed by atoms with Crippen LogP contribution in [0.2, 0.25) is 0 Å². The maximum atomic E-state index is 6.13. The van der Waals surface area contributed by atoms with Gasteiger partial charge in [0.2, 0.25) is 5.88 Å². The van der Waals surface area contributed by atoms with Gasteiger partial charge in [0.05, 0.1) is 18.8 Å². The van der Waals surface area contributed by atoms with E-state index in [1.165, 1.54) is 0 Å². The van der Waals surface area contributed by atoms with E-state index in [0.29, 0.717) is 12.3 Å². The minimum absolute atomic E-state index is 0.213. The zero-order valence-electron chi connectivity index (χ0n) is 10.9. The first kappa shape index (κ1) is 12.6. The number of hydrogen-bond acceptors (Lipinski definition) is 5. The lowest BCUT2D eigenvalue weighted by atomic mass is 10.1. The molecule has 0 aromatic carbocycles. The van der Waals surface area contributed by atoms with Crippen LogP contribution >= 0.6 is 0 Å². The first-order valence-corrected chi connectivity index (χ1v) is 5.85. The molecule has 2 aromatic heterocycles. The maximum absolute atomic E-state index is 6.13. The molecule has 18 heavy (non-hydrogen) atoms. The van der Waals surface area contributed by atoms with Crippen molar-refractivity contribution in [1.82, 2.24) is 24.5 Å². The molecule has 0 spiro atoms. The number of nitrogens with two attached hydrogens (primary N) is 1. The van der Waals surface area contributed by atoms with E-state index in [1.807, 2.05) is 24.7 Å². The van der Waals surface area contributed by atoms with Gasteiger partial charge in [-0.15, -0.1) is 0 Å². The van der Waals surface area contributed by atoms with Crippen LogP contribution in [0.1, 0.15) is 24.5 Å². The number of aromatic nitrogens is 5. The Balaban J connectivity index is 2.14. The van der Waals surface area contributed by atoms with Crippen LogP contribution in [0.5, 0.6) is 5.88 Å². The van der Waals surface area contributed by atoms with Crippen LogP contribution in [0.4, 0.5) is 0 Å². The fourth-order valence-electron chi connectivity index (χ4n) is 1.86. The second-order valence-electron chi connectivity index (χ2n) is 4.04. The highest BCUT2D eigenvalue weighted by molar-refractivity contribution is 5.19. The largest absolute Gasteiger partial charge is 0.481 e. The van der Waals surface area contributed by atoms with Crippen LogP contribution in [0.3, 0.4) is 0 Å². The van der Waals surface area contributed by atoms with Crippen molar-refractivity contribution in [2.45, 2.75) is 25.9 Å². The number of hydrogen-bond donors (Lipinski definition) is 1. The molecular weight excluding hydrogens is 232 g/mol. The summed E-state index contributed by atoms with van der Waals surface area (Å²) in [5.74, 6) is 1.56. The fraction of sp³-hybridized carbons (Fsp3) is 0.545. The molecule has 98 valence electrons. The van der Waals surface area contributed by atoms with Crippen molar-refractivity contribution in [2.24, 2.45) is 12.8 Å². The minimum Gasteiger partial charge on any atom is -0.481 e. The summed E-state index contributed by atoms with van der Waals surface area (Å²) < 4.78 is 8.67. The summed E-state index contributed by atoms with van der Waals surface area (Å²) in [5.41, 5.74) is 6.93. The van der Waals surface area contributed by atoms with Crippen molar-refractivity contribution in [2.75, 3.05) is 7.11 Å². The molecule has 7 heteroatoms. The quantitative estimate of drug-likeness (QED) is 0.824. The molecule has 0 saturated carbocycles. The van der Waals surface area contributed by atoms with Gasteiger partial charge in [0, 0.05) is 26.1 Å². The smallest absolute Gasteiger partial charge is 0.211 e. The van der Waals surface area contributed by atoms with Gasteiger partial charge in [-0.25, -0.2) is 9.67 Å². The van der Waals surface area contributed by atoms with Crippen LogP contribution in [0, 0.1) is 0 Å². The van der Waals surface area contributed by atoms with Crippen LogP contribution < -0.4 is 10.5 Å². The fourth-order valence-corrected chi connectivity index (χ4v) is 1.86. The van der Waals surface area contributed by atoms with Gasteiger partial charge in [-0.2, -0.15) is 10.2 Å². The van der Waals surface area contributed by atoms with Gasteiger partial charge in [0.25, 0.3) is 0 Å². The van der Waals surface area contributed by atoms with Crippen molar-refractivity contribution in [1.29, 1.82) is 0 Å². The Morgan fingerprint density at radius 3 is 2.89 bits per heavy atom. The second-order valence-corrected chi connectivity index (χ2v) is 4.04. The van der Waals surface area contributed by atoms with Gasteiger partial charge in [-0.1, -0.05) is 0 Å². The third kappa shape index (κ3) is 2.35. The summed E-state index contributed by atoms with van der Waals surface area (Å²) in [5, 5.41) is 8.45. The molecule has 0 fully saturated rings. The first-order chi connectivity index (χ1) is 8.65. The van der Waals surface area contributed by atoms with E-state index < -0.39 is 0 Å². The third-order valence-electron chi connectivity index (χ3n) is 2.84. The van der Waals surface area contributed by atoms with E-state index in [2.05, 4.69) is 15.2 Å². The number of ether oxygens (including phenoxy) is 1. The number of nitrogens with zero attached hydrogens (tertiary/aromatic N) is 5. The number of aryl methyl sites for hydroxylation is 2. The summed E-state index contributed by atoms with van der Waals surface area (Å²) in [6, 6.07) is 1.63. The standard InChI is InChI=1S/C11H18N6O/c1-4-17-10(13-7-14-17)5-8(12)9-6-11(18-3)16(2)15-9/h6-8H,4-5,12H2,1-3H3. The van der Waals surface area contributed by atoms with Crippen LogP contribution in [-0.4, -0.2) is 31.7 Å². The Hall–Kier alpha value is -1.89. The first-order valence-electron chi connectivity index (χ1n) is 5.85. The molecule has 1 unspecified atom stereocenters. The third-order valence-corrected chi connectivity index (χ3v) is 2.84. The van der Waals surface area contributed by atoms with Gasteiger partial charge in [-0.3, -0.25) is 4.68 Å². The molecule has 0 saturated heterocycles. The molecule has 2 aromatic rings. The summed E-state index contributed by atoms with van der Waals surface area (Å²) in [4.78, 5) is 4.21. The van der Waals surface area contributed by atoms with Gasteiger partial charge < -0.3 is 10.5 Å². The minimum atomic E-state index is -0.213. The number of rotatable bonds is 5. The maximum Gasteiger partial charge on any atom is 0.211 e. The monoisotopic (exact) mass is 250 g/mol. The van der Waals surface area contributed by atoms with E-state index in [4.69, 9.17) is 10.5 Å². The SMILES string of the molecule is CCn1ncnc1CC(N)c1cc(OC)n(C)n1. The zero-order chi connectivity index (χ0) is 13.1. The van der Waals surface area contributed by atoms with Crippen LogP contribution in [0.15, 0.2) is 12.4 Å². The van der Waals surface area contributed by atoms with Crippen molar-refractivity contribution in [3.05, 3.63) is 23.9 Å². The molecule has 2 heterocycles. The summed E-state index contributed by atoms with van der Waals surface area (Å²) >= 11 is 0. The Morgan fingerprint density at radius 2 is 2.28 bits per heavy atom. The summed E-state index contributed by atoms with van der Waals surface area (Å²) in [6.45, 7) is 2.81. The molecule has 0 aliphatic rings. The van der Waals surface area contributed by atoms with Crippen LogP contribution in [-0.2, 0) is 20.0 Å². The van der Waals surface area contributed by atoms with E-state index in [1.54, 1.807) is 18.1 Å². The Kier molecular flexibility index (Phi) is 3.61. The molecule has 7 nitrogen and oxygen atoms in total. The summed E-state index contributed by atoms with van der Waals surface area (Å²) in [6.07, 6.45) is 2.15. The average Bonchev–Trinajstić information content (AvgIpc) is 2.95. The molecule has 0 radical (unpaired) electrons. The van der Waals surface area contributed by atoms with Gasteiger partial charge >= 0.3 is 0 Å². The van der Waals surface area contributed by atoms with Gasteiger partial charge in [-0.05, 0) is 6.92 Å². The van der Waals surface area contributed by atoms with E-state index >= 15 is 0 Å². The molecular formula is C11H18N6O. The zero-order valence-corrected chi connectivity index (χ0v) is 10.9. The van der Waals surface area contributed by atoms with Crippen LogP contribution in [0.25, 0.3) is 0 Å². The lowest BCUT2D eigenvalue weighted by Gasteiger charge is -2.08. The van der Waals surface area contributed by atoms with Crippen molar-refractivity contribution >= 4 is 0 Å².